The number of rotatable bonds is 5. The van der Waals surface area contributed by atoms with E-state index in [1.807, 2.05) is 112 Å². The first kappa shape index (κ1) is 77.3. The van der Waals surface area contributed by atoms with E-state index in [2.05, 4.69) is 34.8 Å². The molecule has 0 saturated heterocycles. The molecule has 0 spiro atoms. The molecule has 0 unspecified atom stereocenters. The largest absolute Gasteiger partial charge is 6.00 e. The SMILES string of the molecule is CC.CC.C[CH+]C.C[CH-]C.[CH2-]CC1=CC=CC(=C[N-]C)[N-]1.[CH2-]Cc1cccc(CNC)n1.[CH3-].[CH3-].[CH3-].[CH3-].[CH3-].[CH3-].[Ru+5].[Ru+6]. The first-order valence-electron chi connectivity index (χ1n) is 11.6. The summed E-state index contributed by atoms with van der Waals surface area (Å²) in [6, 6.07) is 6.02. The van der Waals surface area contributed by atoms with Gasteiger partial charge in [0.2, 0.25) is 0 Å². The van der Waals surface area contributed by atoms with Crippen molar-refractivity contribution >= 4 is 0 Å². The number of nitrogens with zero attached hydrogens (tertiary/aromatic N) is 3. The summed E-state index contributed by atoms with van der Waals surface area (Å²) in [7, 11) is 3.65. The van der Waals surface area contributed by atoms with Crippen LogP contribution in [0.3, 0.4) is 0 Å². The molecule has 1 aromatic rings. The zero-order valence-corrected chi connectivity index (χ0v) is 32.8. The van der Waals surface area contributed by atoms with Gasteiger partial charge in [0.05, 0.1) is 26.0 Å². The van der Waals surface area contributed by atoms with Crippen LogP contribution in [0.1, 0.15) is 73.2 Å². The van der Waals surface area contributed by atoms with Crippen LogP contribution in [0, 0.1) is 71.2 Å². The fraction of sp³-hybridized carbons (Fsp3) is 0.382. The van der Waals surface area contributed by atoms with E-state index in [1.165, 1.54) is 0 Å². The summed E-state index contributed by atoms with van der Waals surface area (Å²) in [6.07, 6.45) is 13.1. The molecule has 1 aliphatic rings. The van der Waals surface area contributed by atoms with E-state index in [1.54, 1.807) is 13.2 Å². The zero-order valence-electron chi connectivity index (χ0n) is 29.3. The predicted octanol–water partition coefficient (Wildman–Crippen LogP) is 11.3. The number of aromatic nitrogens is 1. The van der Waals surface area contributed by atoms with Gasteiger partial charge in [-0.05, 0) is 19.2 Å². The van der Waals surface area contributed by atoms with Crippen molar-refractivity contribution in [3.05, 3.63) is 147 Å². The van der Waals surface area contributed by atoms with Crippen LogP contribution < -0.4 is 5.32 Å². The summed E-state index contributed by atoms with van der Waals surface area (Å²) in [6.45, 7) is 24.4. The van der Waals surface area contributed by atoms with Gasteiger partial charge in [0.15, 0.2) is 0 Å². The number of hydrogen-bond donors (Lipinski definition) is 1. The molecule has 1 radical (unpaired) electrons. The van der Waals surface area contributed by atoms with Gasteiger partial charge in [-0.1, -0.05) is 52.0 Å². The molecule has 1 aromatic heterocycles. The summed E-state index contributed by atoms with van der Waals surface area (Å²) < 4.78 is 0. The molecule has 1 aliphatic heterocycles. The third kappa shape index (κ3) is 57.1. The van der Waals surface area contributed by atoms with Gasteiger partial charge in [0.25, 0.3) is 0 Å². The van der Waals surface area contributed by atoms with Crippen LogP contribution in [-0.4, -0.2) is 19.1 Å². The Hall–Kier alpha value is -0.953. The number of nitrogens with one attached hydrogen (secondary N) is 1. The third-order valence-corrected chi connectivity index (χ3v) is 2.82. The topological polar surface area (TPSA) is 53.1 Å². The Bertz CT molecular complexity index is 571. The van der Waals surface area contributed by atoms with Gasteiger partial charge in [-0.2, -0.15) is 37.9 Å². The molecular weight excluding hydrogens is 667 g/mol. The molecule has 0 bridgehead atoms. The van der Waals surface area contributed by atoms with Crippen molar-refractivity contribution in [2.24, 2.45) is 0 Å². The van der Waals surface area contributed by atoms with E-state index < -0.39 is 0 Å². The molecule has 0 saturated carbocycles. The van der Waals surface area contributed by atoms with E-state index >= 15 is 0 Å². The molecule has 0 amide bonds. The number of pyridine rings is 1. The molecular formula is C34H68N4Ru2+. The summed E-state index contributed by atoms with van der Waals surface area (Å²) in [4.78, 5) is 4.36. The summed E-state index contributed by atoms with van der Waals surface area (Å²) in [5.41, 5.74) is 4.03. The smallest absolute Gasteiger partial charge is 0.694 e. The fourth-order valence-corrected chi connectivity index (χ4v) is 1.79. The van der Waals surface area contributed by atoms with Gasteiger partial charge >= 0.3 is 39.0 Å². The van der Waals surface area contributed by atoms with Crippen molar-refractivity contribution in [1.29, 1.82) is 0 Å². The van der Waals surface area contributed by atoms with Crippen LogP contribution in [0.4, 0.5) is 0 Å². The molecule has 40 heavy (non-hydrogen) atoms. The van der Waals surface area contributed by atoms with E-state index in [9.17, 15) is 0 Å². The summed E-state index contributed by atoms with van der Waals surface area (Å²) in [5.74, 6) is 0. The molecule has 1 N–H and O–H groups in total. The Morgan fingerprint density at radius 3 is 1.73 bits per heavy atom. The van der Waals surface area contributed by atoms with E-state index in [0.29, 0.717) is 0 Å². The van der Waals surface area contributed by atoms with Crippen molar-refractivity contribution in [3.8, 4) is 0 Å². The molecule has 4 nitrogen and oxygen atoms in total. The van der Waals surface area contributed by atoms with Crippen molar-refractivity contribution in [2.45, 2.75) is 74.8 Å². The quantitative estimate of drug-likeness (QED) is 0.242. The molecule has 0 aromatic carbocycles. The Labute approximate surface area is 284 Å². The third-order valence-electron chi connectivity index (χ3n) is 2.82. The van der Waals surface area contributed by atoms with E-state index in [0.717, 1.165) is 42.2 Å². The molecule has 0 atom stereocenters. The molecule has 2 rings (SSSR count). The van der Waals surface area contributed by atoms with Crippen molar-refractivity contribution in [1.82, 2.24) is 10.3 Å². The fourth-order valence-electron chi connectivity index (χ4n) is 1.79. The van der Waals surface area contributed by atoms with Crippen LogP contribution >= 0.6 is 0 Å². The molecule has 0 aliphatic carbocycles. The monoisotopic (exact) mass is 736 g/mol. The second-order valence-electron chi connectivity index (χ2n) is 5.75. The molecule has 0 fully saturated rings. The molecule has 239 valence electrons. The minimum Gasteiger partial charge on any atom is -0.694 e. The first-order valence-corrected chi connectivity index (χ1v) is 11.6. The van der Waals surface area contributed by atoms with Gasteiger partial charge in [-0.15, -0.1) is 13.5 Å². The maximum absolute atomic E-state index is 4.36. The minimum absolute atomic E-state index is 0. The standard InChI is InChI=1S/C9H13N2.C9H11N2.2C3H7.2C2H6.6CH3.2Ru/c2*1-3-8-5-4-6-9(11-8)7-10-2;2*1-3-2;2*1-2;;;;;;;;/h4-6,10H,1,3,7H2,2H3;4-7H,1,3H2,2H3;2*3H,1-2H3;2*1-2H3;6*1H3;;/q-1;-3;-1;+1;;;6*-1;+5;+6. The van der Waals surface area contributed by atoms with E-state index in [-0.39, 0.29) is 83.5 Å². The van der Waals surface area contributed by atoms with Crippen LogP contribution in [0.5, 0.6) is 0 Å². The van der Waals surface area contributed by atoms with Gasteiger partial charge in [0.1, 0.15) is 0 Å². The molecule has 2 heterocycles. The number of hydrogen-bond acceptors (Lipinski definition) is 2. The zero-order chi connectivity index (χ0) is 25.6. The van der Waals surface area contributed by atoms with Gasteiger partial charge in [0, 0.05) is 12.2 Å². The molecule has 6 heteroatoms. The van der Waals surface area contributed by atoms with Gasteiger partial charge in [-0.3, -0.25) is 4.98 Å². The second kappa shape index (κ2) is 71.4. The van der Waals surface area contributed by atoms with Crippen LogP contribution in [0.2, 0.25) is 0 Å². The normalized spacial score (nSPS) is 9.20. The van der Waals surface area contributed by atoms with Crippen molar-refractivity contribution in [2.75, 3.05) is 14.1 Å². The van der Waals surface area contributed by atoms with Crippen LogP contribution in [0.15, 0.2) is 54.0 Å². The Kier molecular flexibility index (Phi) is 138. The minimum atomic E-state index is 0. The Morgan fingerprint density at radius 1 is 0.950 bits per heavy atom. The Balaban J connectivity index is -0.0000000257. The van der Waals surface area contributed by atoms with Crippen LogP contribution in [0.25, 0.3) is 10.6 Å². The van der Waals surface area contributed by atoms with Crippen LogP contribution in [-0.2, 0) is 51.9 Å². The van der Waals surface area contributed by atoms with Crippen molar-refractivity contribution < 1.29 is 39.0 Å². The average Bonchev–Trinajstić information content (AvgIpc) is 2.84. The van der Waals surface area contributed by atoms with Gasteiger partial charge < -0.3 is 80.8 Å². The maximum atomic E-state index is 4.36. The first-order chi connectivity index (χ1) is 15.6. The van der Waals surface area contributed by atoms with Crippen molar-refractivity contribution in [3.63, 3.8) is 0 Å². The average molecular weight is 735 g/mol. The van der Waals surface area contributed by atoms with E-state index in [4.69, 9.17) is 0 Å². The summed E-state index contributed by atoms with van der Waals surface area (Å²) in [5, 5.41) is 11.2. The number of allylic oxidation sites excluding steroid dienone is 4. The second-order valence-corrected chi connectivity index (χ2v) is 5.75. The Morgan fingerprint density at radius 2 is 1.38 bits per heavy atom. The van der Waals surface area contributed by atoms with Gasteiger partial charge in [-0.25, -0.2) is 0 Å². The maximum Gasteiger partial charge on any atom is 6.00 e. The summed E-state index contributed by atoms with van der Waals surface area (Å²) >= 11 is 0. The predicted molar refractivity (Wildman–Crippen MR) is 186 cm³/mol.